The summed E-state index contributed by atoms with van der Waals surface area (Å²) in [4.78, 5) is 11.7. The van der Waals surface area contributed by atoms with Crippen LogP contribution in [0.25, 0.3) is 6.08 Å². The first-order chi connectivity index (χ1) is 8.65. The minimum absolute atomic E-state index is 0.198. The number of amides is 1. The molecule has 1 heterocycles. The summed E-state index contributed by atoms with van der Waals surface area (Å²) in [7, 11) is 0. The minimum Gasteiger partial charge on any atom is -0.462 e. The number of carbonyl (C=O) groups excluding carboxylic acids is 1. The molecule has 1 N–H and O–H groups in total. The van der Waals surface area contributed by atoms with Gasteiger partial charge in [0.05, 0.1) is 5.69 Å². The Morgan fingerprint density at radius 2 is 2.06 bits per heavy atom. The lowest BCUT2D eigenvalue weighted by atomic mass is 10.3. The van der Waals surface area contributed by atoms with Crippen molar-refractivity contribution < 1.29 is 9.21 Å². The van der Waals surface area contributed by atoms with Gasteiger partial charge in [-0.25, -0.2) is 0 Å². The van der Waals surface area contributed by atoms with Crippen molar-refractivity contribution >= 4 is 33.6 Å². The van der Waals surface area contributed by atoms with Crippen molar-refractivity contribution in [2.24, 2.45) is 0 Å². The van der Waals surface area contributed by atoms with E-state index in [1.807, 2.05) is 43.3 Å². The van der Waals surface area contributed by atoms with E-state index in [0.717, 1.165) is 15.9 Å². The third-order valence-corrected chi connectivity index (χ3v) is 2.98. The number of aryl methyl sites for hydroxylation is 1. The summed E-state index contributed by atoms with van der Waals surface area (Å²) >= 11 is 3.37. The van der Waals surface area contributed by atoms with Crippen LogP contribution < -0.4 is 5.32 Å². The maximum Gasteiger partial charge on any atom is 0.248 e. The Kier molecular flexibility index (Phi) is 3.99. The van der Waals surface area contributed by atoms with Crippen LogP contribution in [0.1, 0.15) is 11.5 Å². The van der Waals surface area contributed by atoms with E-state index in [-0.39, 0.29) is 5.91 Å². The van der Waals surface area contributed by atoms with Crippen LogP contribution in [0.15, 0.2) is 51.4 Å². The number of benzene rings is 1. The summed E-state index contributed by atoms with van der Waals surface area (Å²) in [5.74, 6) is 1.28. The molecule has 0 spiro atoms. The molecule has 0 aliphatic carbocycles. The number of carbonyl (C=O) groups is 1. The van der Waals surface area contributed by atoms with E-state index in [9.17, 15) is 4.79 Å². The average molecular weight is 306 g/mol. The normalized spacial score (nSPS) is 10.8. The van der Waals surface area contributed by atoms with Crippen molar-refractivity contribution in [3.8, 4) is 0 Å². The molecule has 0 fully saturated rings. The number of nitrogens with one attached hydrogen (secondary N) is 1. The lowest BCUT2D eigenvalue weighted by molar-refractivity contribution is -0.111. The Hall–Kier alpha value is -1.81. The van der Waals surface area contributed by atoms with Crippen LogP contribution in [-0.2, 0) is 4.79 Å². The molecule has 2 rings (SSSR count). The number of anilines is 1. The Morgan fingerprint density at radius 3 is 2.72 bits per heavy atom. The first-order valence-electron chi connectivity index (χ1n) is 5.45. The Balaban J connectivity index is 2.01. The second-order valence-electron chi connectivity index (χ2n) is 3.75. The predicted octanol–water partition coefficient (Wildman–Crippen LogP) is 4.00. The molecule has 1 amide bonds. The van der Waals surface area contributed by atoms with E-state index in [2.05, 4.69) is 21.2 Å². The SMILES string of the molecule is Cc1ccc(/C=C\C(=O)Nc2ccccc2Br)o1. The lowest BCUT2D eigenvalue weighted by Crippen LogP contribution is -2.07. The highest BCUT2D eigenvalue weighted by Gasteiger charge is 2.01. The minimum atomic E-state index is -0.198. The molecule has 1 aromatic heterocycles. The zero-order chi connectivity index (χ0) is 13.0. The fourth-order valence-electron chi connectivity index (χ4n) is 1.44. The molecule has 0 radical (unpaired) electrons. The number of para-hydroxylation sites is 1. The lowest BCUT2D eigenvalue weighted by Gasteiger charge is -2.03. The summed E-state index contributed by atoms with van der Waals surface area (Å²) < 4.78 is 6.18. The van der Waals surface area contributed by atoms with E-state index in [1.165, 1.54) is 6.08 Å². The Labute approximate surface area is 114 Å². The maximum atomic E-state index is 11.7. The number of rotatable bonds is 3. The highest BCUT2D eigenvalue weighted by atomic mass is 79.9. The van der Waals surface area contributed by atoms with Crippen molar-refractivity contribution in [1.29, 1.82) is 0 Å². The summed E-state index contributed by atoms with van der Waals surface area (Å²) in [6.07, 6.45) is 3.08. The van der Waals surface area contributed by atoms with Crippen LogP contribution in [0.4, 0.5) is 5.69 Å². The predicted molar refractivity (Wildman–Crippen MR) is 75.3 cm³/mol. The topological polar surface area (TPSA) is 42.2 Å². The van der Waals surface area contributed by atoms with E-state index in [1.54, 1.807) is 6.08 Å². The molecule has 18 heavy (non-hydrogen) atoms. The third-order valence-electron chi connectivity index (χ3n) is 2.29. The fourth-order valence-corrected chi connectivity index (χ4v) is 1.82. The van der Waals surface area contributed by atoms with Gasteiger partial charge < -0.3 is 9.73 Å². The van der Waals surface area contributed by atoms with E-state index < -0.39 is 0 Å². The summed E-state index contributed by atoms with van der Waals surface area (Å²) in [5.41, 5.74) is 0.739. The van der Waals surface area contributed by atoms with Crippen LogP contribution in [0.3, 0.4) is 0 Å². The standard InChI is InChI=1S/C14H12BrNO2/c1-10-6-7-11(18-10)8-9-14(17)16-13-5-3-2-4-12(13)15/h2-9H,1H3,(H,16,17)/b9-8-. The van der Waals surface area contributed by atoms with Crippen LogP contribution in [-0.4, -0.2) is 5.91 Å². The molecule has 1 aromatic carbocycles. The van der Waals surface area contributed by atoms with E-state index in [4.69, 9.17) is 4.42 Å². The molecule has 0 atom stereocenters. The Morgan fingerprint density at radius 1 is 1.28 bits per heavy atom. The molecule has 92 valence electrons. The van der Waals surface area contributed by atoms with Crippen molar-refractivity contribution in [1.82, 2.24) is 0 Å². The molecule has 0 aliphatic rings. The number of hydrogen-bond acceptors (Lipinski definition) is 2. The first kappa shape index (κ1) is 12.6. The molecule has 4 heteroatoms. The number of furan rings is 1. The quantitative estimate of drug-likeness (QED) is 0.871. The van der Waals surface area contributed by atoms with Gasteiger partial charge in [0.25, 0.3) is 0 Å². The monoisotopic (exact) mass is 305 g/mol. The summed E-state index contributed by atoms with van der Waals surface area (Å²) in [6, 6.07) is 11.1. The second-order valence-corrected chi connectivity index (χ2v) is 4.61. The van der Waals surface area contributed by atoms with Gasteiger partial charge in [-0.2, -0.15) is 0 Å². The van der Waals surface area contributed by atoms with Gasteiger partial charge in [-0.1, -0.05) is 12.1 Å². The summed E-state index contributed by atoms with van der Waals surface area (Å²) in [6.45, 7) is 1.86. The molecular weight excluding hydrogens is 294 g/mol. The van der Waals surface area contributed by atoms with Crippen LogP contribution in [0.5, 0.6) is 0 Å². The van der Waals surface area contributed by atoms with E-state index >= 15 is 0 Å². The highest BCUT2D eigenvalue weighted by Crippen LogP contribution is 2.21. The first-order valence-corrected chi connectivity index (χ1v) is 6.24. The number of hydrogen-bond donors (Lipinski definition) is 1. The van der Waals surface area contributed by atoms with Gasteiger partial charge in [-0.15, -0.1) is 0 Å². The van der Waals surface area contributed by atoms with Crippen LogP contribution in [0, 0.1) is 6.92 Å². The maximum absolute atomic E-state index is 11.7. The Bertz CT molecular complexity index is 587. The van der Waals surface area contributed by atoms with Gasteiger partial charge in [0.15, 0.2) is 0 Å². The summed E-state index contributed by atoms with van der Waals surface area (Å²) in [5, 5.41) is 2.77. The smallest absolute Gasteiger partial charge is 0.248 e. The fraction of sp³-hybridized carbons (Fsp3) is 0.0714. The van der Waals surface area contributed by atoms with Gasteiger partial charge in [0, 0.05) is 10.5 Å². The van der Waals surface area contributed by atoms with E-state index in [0.29, 0.717) is 5.76 Å². The molecule has 0 unspecified atom stereocenters. The molecule has 3 nitrogen and oxygen atoms in total. The highest BCUT2D eigenvalue weighted by molar-refractivity contribution is 9.10. The van der Waals surface area contributed by atoms with Crippen molar-refractivity contribution in [2.75, 3.05) is 5.32 Å². The van der Waals surface area contributed by atoms with Crippen LogP contribution in [0.2, 0.25) is 0 Å². The molecule has 0 aliphatic heterocycles. The zero-order valence-electron chi connectivity index (χ0n) is 9.81. The zero-order valence-corrected chi connectivity index (χ0v) is 11.4. The average Bonchev–Trinajstić information content (AvgIpc) is 2.76. The molecular formula is C14H12BrNO2. The molecule has 0 saturated carbocycles. The van der Waals surface area contributed by atoms with Crippen molar-refractivity contribution in [2.45, 2.75) is 6.92 Å². The van der Waals surface area contributed by atoms with Gasteiger partial charge in [-0.3, -0.25) is 4.79 Å². The van der Waals surface area contributed by atoms with Crippen molar-refractivity contribution in [3.05, 3.63) is 58.5 Å². The third kappa shape index (κ3) is 3.34. The van der Waals surface area contributed by atoms with Gasteiger partial charge in [0.2, 0.25) is 5.91 Å². The largest absolute Gasteiger partial charge is 0.462 e. The van der Waals surface area contributed by atoms with Gasteiger partial charge >= 0.3 is 0 Å². The van der Waals surface area contributed by atoms with Gasteiger partial charge in [-0.05, 0) is 53.2 Å². The van der Waals surface area contributed by atoms with Crippen molar-refractivity contribution in [3.63, 3.8) is 0 Å². The van der Waals surface area contributed by atoms with Crippen LogP contribution >= 0.6 is 15.9 Å². The molecule has 0 bridgehead atoms. The molecule has 0 saturated heterocycles. The number of halogens is 1. The molecule has 2 aromatic rings. The second kappa shape index (κ2) is 5.69. The van der Waals surface area contributed by atoms with Gasteiger partial charge in [0.1, 0.15) is 11.5 Å².